The summed E-state index contributed by atoms with van der Waals surface area (Å²) in [4.78, 5) is 0. The average molecular weight is 269 g/mol. The molecule has 0 radical (unpaired) electrons. The summed E-state index contributed by atoms with van der Waals surface area (Å²) in [5.41, 5.74) is 5.17. The van der Waals surface area contributed by atoms with Crippen molar-refractivity contribution in [2.45, 2.75) is 33.7 Å². The van der Waals surface area contributed by atoms with E-state index in [4.69, 9.17) is 4.74 Å². The van der Waals surface area contributed by atoms with Crippen LogP contribution in [0.25, 0.3) is 0 Å². The van der Waals surface area contributed by atoms with Crippen LogP contribution in [0.3, 0.4) is 0 Å². The van der Waals surface area contributed by atoms with Crippen molar-refractivity contribution in [1.82, 2.24) is 0 Å². The summed E-state index contributed by atoms with van der Waals surface area (Å²) in [5.74, 6) is 0.934. The second kappa shape index (κ2) is 6.99. The Morgan fingerprint density at radius 2 is 1.75 bits per heavy atom. The van der Waals surface area contributed by atoms with Gasteiger partial charge in [-0.25, -0.2) is 0 Å². The first-order valence-electron chi connectivity index (χ1n) is 7.22. The van der Waals surface area contributed by atoms with Gasteiger partial charge in [0.05, 0.1) is 6.61 Å². The molecule has 0 amide bonds. The molecule has 0 spiro atoms. The summed E-state index contributed by atoms with van der Waals surface area (Å²) < 4.78 is 5.58. The minimum Gasteiger partial charge on any atom is -0.494 e. The molecular formula is C18H23NO. The van der Waals surface area contributed by atoms with Gasteiger partial charge in [0.1, 0.15) is 5.75 Å². The maximum Gasteiger partial charge on any atom is 0.119 e. The fourth-order valence-electron chi connectivity index (χ4n) is 2.09. The molecule has 106 valence electrons. The SMILES string of the molecule is CCCOc1ccc(NCc2cccc(C)c2C)cc1. The van der Waals surface area contributed by atoms with E-state index >= 15 is 0 Å². The molecule has 2 aromatic carbocycles. The van der Waals surface area contributed by atoms with Crippen molar-refractivity contribution in [3.8, 4) is 5.75 Å². The van der Waals surface area contributed by atoms with Crippen LogP contribution < -0.4 is 10.1 Å². The van der Waals surface area contributed by atoms with Crippen LogP contribution in [0.2, 0.25) is 0 Å². The van der Waals surface area contributed by atoms with Crippen LogP contribution in [-0.4, -0.2) is 6.61 Å². The number of hydrogen-bond donors (Lipinski definition) is 1. The topological polar surface area (TPSA) is 21.3 Å². The van der Waals surface area contributed by atoms with Crippen LogP contribution >= 0.6 is 0 Å². The quantitative estimate of drug-likeness (QED) is 0.820. The molecule has 2 heteroatoms. The van der Waals surface area contributed by atoms with E-state index in [1.807, 2.05) is 12.1 Å². The van der Waals surface area contributed by atoms with E-state index in [-0.39, 0.29) is 0 Å². The Hall–Kier alpha value is -1.96. The lowest BCUT2D eigenvalue weighted by molar-refractivity contribution is 0.317. The van der Waals surface area contributed by atoms with Crippen molar-refractivity contribution < 1.29 is 4.74 Å². The third-order valence-electron chi connectivity index (χ3n) is 3.53. The lowest BCUT2D eigenvalue weighted by Crippen LogP contribution is -2.02. The van der Waals surface area contributed by atoms with E-state index in [1.54, 1.807) is 0 Å². The summed E-state index contributed by atoms with van der Waals surface area (Å²) in [5, 5.41) is 3.46. The molecule has 0 saturated carbocycles. The average Bonchev–Trinajstić information content (AvgIpc) is 2.48. The van der Waals surface area contributed by atoms with Gasteiger partial charge in [-0.15, -0.1) is 0 Å². The molecule has 0 unspecified atom stereocenters. The number of hydrogen-bond acceptors (Lipinski definition) is 2. The Bertz CT molecular complexity index is 546. The molecule has 0 saturated heterocycles. The van der Waals surface area contributed by atoms with Crippen molar-refractivity contribution in [3.05, 3.63) is 59.2 Å². The summed E-state index contributed by atoms with van der Waals surface area (Å²) >= 11 is 0. The summed E-state index contributed by atoms with van der Waals surface area (Å²) in [6.07, 6.45) is 1.03. The van der Waals surface area contributed by atoms with Crippen molar-refractivity contribution in [2.24, 2.45) is 0 Å². The van der Waals surface area contributed by atoms with Crippen molar-refractivity contribution in [2.75, 3.05) is 11.9 Å². The summed E-state index contributed by atoms with van der Waals surface area (Å²) in [6.45, 7) is 8.06. The monoisotopic (exact) mass is 269 g/mol. The summed E-state index contributed by atoms with van der Waals surface area (Å²) in [6, 6.07) is 14.6. The smallest absolute Gasteiger partial charge is 0.119 e. The van der Waals surface area contributed by atoms with Crippen LogP contribution in [-0.2, 0) is 6.54 Å². The van der Waals surface area contributed by atoms with E-state index in [0.717, 1.165) is 31.0 Å². The number of ether oxygens (including phenoxy) is 1. The molecule has 1 N–H and O–H groups in total. The molecule has 20 heavy (non-hydrogen) atoms. The molecule has 2 nitrogen and oxygen atoms in total. The van der Waals surface area contributed by atoms with E-state index in [0.29, 0.717) is 0 Å². The zero-order valence-electron chi connectivity index (χ0n) is 12.6. The number of nitrogens with one attached hydrogen (secondary N) is 1. The Kier molecular flexibility index (Phi) is 5.05. The number of anilines is 1. The summed E-state index contributed by atoms with van der Waals surface area (Å²) in [7, 11) is 0. The van der Waals surface area contributed by atoms with Gasteiger partial charge in [-0.1, -0.05) is 25.1 Å². The molecule has 2 rings (SSSR count). The first kappa shape index (κ1) is 14.4. The third-order valence-corrected chi connectivity index (χ3v) is 3.53. The van der Waals surface area contributed by atoms with Gasteiger partial charge in [0.25, 0.3) is 0 Å². The molecule has 0 atom stereocenters. The maximum absolute atomic E-state index is 5.58. The number of benzene rings is 2. The molecule has 0 bridgehead atoms. The molecule has 2 aromatic rings. The highest BCUT2D eigenvalue weighted by Crippen LogP contribution is 2.18. The van der Waals surface area contributed by atoms with Gasteiger partial charge >= 0.3 is 0 Å². The molecular weight excluding hydrogens is 246 g/mol. The van der Waals surface area contributed by atoms with Gasteiger partial charge < -0.3 is 10.1 Å². The highest BCUT2D eigenvalue weighted by molar-refractivity contribution is 5.47. The van der Waals surface area contributed by atoms with Crippen LogP contribution in [0.15, 0.2) is 42.5 Å². The van der Waals surface area contributed by atoms with Gasteiger partial charge in [0.2, 0.25) is 0 Å². The van der Waals surface area contributed by atoms with Gasteiger partial charge in [0, 0.05) is 12.2 Å². The highest BCUT2D eigenvalue weighted by Gasteiger charge is 2.01. The first-order chi connectivity index (χ1) is 9.70. The normalized spacial score (nSPS) is 10.3. The molecule has 0 aromatic heterocycles. The Morgan fingerprint density at radius 3 is 2.45 bits per heavy atom. The van der Waals surface area contributed by atoms with E-state index in [2.05, 4.69) is 56.4 Å². The minimum absolute atomic E-state index is 0.773. The van der Waals surface area contributed by atoms with Crippen molar-refractivity contribution in [3.63, 3.8) is 0 Å². The van der Waals surface area contributed by atoms with Crippen LogP contribution in [0.1, 0.15) is 30.0 Å². The van der Waals surface area contributed by atoms with Gasteiger partial charge in [-0.2, -0.15) is 0 Å². The fraction of sp³-hybridized carbons (Fsp3) is 0.333. The second-order valence-electron chi connectivity index (χ2n) is 5.09. The zero-order valence-corrected chi connectivity index (χ0v) is 12.6. The first-order valence-corrected chi connectivity index (χ1v) is 7.22. The van der Waals surface area contributed by atoms with Crippen molar-refractivity contribution >= 4 is 5.69 Å². The Labute approximate surface area is 121 Å². The predicted octanol–water partition coefficient (Wildman–Crippen LogP) is 4.70. The minimum atomic E-state index is 0.773. The van der Waals surface area contributed by atoms with Crippen LogP contribution in [0.4, 0.5) is 5.69 Å². The lowest BCUT2D eigenvalue weighted by Gasteiger charge is -2.11. The predicted molar refractivity (Wildman–Crippen MR) is 85.5 cm³/mol. The molecule has 0 aliphatic heterocycles. The molecule has 0 fully saturated rings. The number of rotatable bonds is 6. The van der Waals surface area contributed by atoms with E-state index in [9.17, 15) is 0 Å². The van der Waals surface area contributed by atoms with E-state index < -0.39 is 0 Å². The number of aryl methyl sites for hydroxylation is 1. The second-order valence-corrected chi connectivity index (χ2v) is 5.09. The third kappa shape index (κ3) is 3.77. The molecule has 0 heterocycles. The van der Waals surface area contributed by atoms with Crippen LogP contribution in [0, 0.1) is 13.8 Å². The molecule has 0 aliphatic rings. The van der Waals surface area contributed by atoms with E-state index in [1.165, 1.54) is 16.7 Å². The molecule has 0 aliphatic carbocycles. The van der Waals surface area contributed by atoms with Crippen LogP contribution in [0.5, 0.6) is 5.75 Å². The van der Waals surface area contributed by atoms with Gasteiger partial charge in [-0.05, 0) is 61.2 Å². The van der Waals surface area contributed by atoms with Gasteiger partial charge in [0.15, 0.2) is 0 Å². The van der Waals surface area contributed by atoms with Gasteiger partial charge in [-0.3, -0.25) is 0 Å². The Balaban J connectivity index is 1.95. The zero-order chi connectivity index (χ0) is 14.4. The van der Waals surface area contributed by atoms with Crippen molar-refractivity contribution in [1.29, 1.82) is 0 Å². The lowest BCUT2D eigenvalue weighted by atomic mass is 10.0. The fourth-order valence-corrected chi connectivity index (χ4v) is 2.09. The Morgan fingerprint density at radius 1 is 1.00 bits per heavy atom. The highest BCUT2D eigenvalue weighted by atomic mass is 16.5. The maximum atomic E-state index is 5.58. The standard InChI is InChI=1S/C18H23NO/c1-4-12-20-18-10-8-17(9-11-18)19-13-16-7-5-6-14(2)15(16)3/h5-11,19H,4,12-13H2,1-3H3. The largest absolute Gasteiger partial charge is 0.494 e.